The highest BCUT2D eigenvalue weighted by Crippen LogP contribution is 2.36. The number of benzene rings is 1. The molecule has 0 bridgehead atoms. The molecule has 1 N–H and O–H groups in total. The minimum atomic E-state index is 0.330. The van der Waals surface area contributed by atoms with Crippen LogP contribution in [-0.2, 0) is 17.8 Å². The maximum Gasteiger partial charge on any atom is 0.231 e. The molecule has 0 aliphatic carbocycles. The summed E-state index contributed by atoms with van der Waals surface area (Å²) in [4.78, 5) is 13.1. The van der Waals surface area contributed by atoms with E-state index in [1.165, 1.54) is 11.1 Å². The fraction of sp³-hybridized carbons (Fsp3) is 0.500. The van der Waals surface area contributed by atoms with E-state index in [0.717, 1.165) is 43.9 Å². The number of hydrogen-bond donors (Lipinski definition) is 1. The van der Waals surface area contributed by atoms with Gasteiger partial charge in [0.2, 0.25) is 6.79 Å². The summed E-state index contributed by atoms with van der Waals surface area (Å²) in [5.74, 6) is 2.16. The lowest BCUT2D eigenvalue weighted by atomic mass is 9.88. The maximum atomic E-state index is 11.6. The second-order valence-corrected chi connectivity index (χ2v) is 5.45. The molecule has 1 aromatic carbocycles. The van der Waals surface area contributed by atoms with Crippen LogP contribution in [0.4, 0.5) is 0 Å². The molecule has 0 saturated carbocycles. The predicted octanol–water partition coefficient (Wildman–Crippen LogP) is 0.0878. The lowest BCUT2D eigenvalue weighted by molar-refractivity contribution is -0.942. The van der Waals surface area contributed by atoms with E-state index in [0.29, 0.717) is 18.6 Å². The Balaban J connectivity index is 1.70. The summed E-state index contributed by atoms with van der Waals surface area (Å²) < 4.78 is 10.9. The van der Waals surface area contributed by atoms with Crippen molar-refractivity contribution in [2.24, 2.45) is 0 Å². The third-order valence-corrected chi connectivity index (χ3v) is 4.36. The zero-order valence-electron chi connectivity index (χ0n) is 10.2. The van der Waals surface area contributed by atoms with Gasteiger partial charge in [-0.2, -0.15) is 0 Å². The summed E-state index contributed by atoms with van der Waals surface area (Å²) in [6.45, 7) is 2.33. The molecule has 1 fully saturated rings. The topological polar surface area (TPSA) is 40.0 Å². The van der Waals surface area contributed by atoms with Crippen LogP contribution in [0.1, 0.15) is 24.0 Å². The normalized spacial score (nSPS) is 28.8. The molecule has 0 radical (unpaired) electrons. The molecule has 4 rings (SSSR count). The lowest BCUT2D eigenvalue weighted by Crippen LogP contribution is -3.16. The highest BCUT2D eigenvalue weighted by molar-refractivity contribution is 5.79. The summed E-state index contributed by atoms with van der Waals surface area (Å²) in [7, 11) is 0. The fourth-order valence-electron chi connectivity index (χ4n) is 3.37. The van der Waals surface area contributed by atoms with Crippen LogP contribution >= 0.6 is 0 Å². The number of nitrogens with one attached hydrogen (secondary N) is 1. The van der Waals surface area contributed by atoms with Crippen molar-refractivity contribution in [3.8, 4) is 11.5 Å². The average molecular weight is 246 g/mol. The molecule has 1 saturated heterocycles. The number of rotatable bonds is 0. The molecule has 94 valence electrons. The van der Waals surface area contributed by atoms with Crippen molar-refractivity contribution in [3.63, 3.8) is 0 Å². The number of ketones is 1. The monoisotopic (exact) mass is 246 g/mol. The third kappa shape index (κ3) is 1.52. The number of carbonyl (C=O) groups is 1. The van der Waals surface area contributed by atoms with Gasteiger partial charge in [-0.25, -0.2) is 0 Å². The van der Waals surface area contributed by atoms with E-state index < -0.39 is 0 Å². The van der Waals surface area contributed by atoms with Crippen molar-refractivity contribution < 1.29 is 19.2 Å². The van der Waals surface area contributed by atoms with Gasteiger partial charge in [-0.15, -0.1) is 0 Å². The summed E-state index contributed by atoms with van der Waals surface area (Å²) in [6, 6.07) is 4.70. The smallest absolute Gasteiger partial charge is 0.231 e. The zero-order chi connectivity index (χ0) is 12.1. The van der Waals surface area contributed by atoms with Gasteiger partial charge in [0.1, 0.15) is 12.3 Å². The number of piperidine rings is 1. The highest BCUT2D eigenvalue weighted by Gasteiger charge is 2.36. The standard InChI is InChI=1S/C14H15NO3/c16-12-1-2-15-7-10-5-14-13(17-8-18-14)4-9(10)3-11(15)6-12/h4-5,11H,1-3,6-8H2/p+1/t11-/m0/s1. The van der Waals surface area contributed by atoms with E-state index >= 15 is 0 Å². The van der Waals surface area contributed by atoms with Gasteiger partial charge < -0.3 is 14.4 Å². The second kappa shape index (κ2) is 3.72. The van der Waals surface area contributed by atoms with Crippen molar-refractivity contribution in [1.29, 1.82) is 0 Å². The molecule has 2 atom stereocenters. The summed E-state index contributed by atoms with van der Waals surface area (Å²) in [6.07, 6.45) is 2.47. The first-order chi connectivity index (χ1) is 8.79. The van der Waals surface area contributed by atoms with Crippen LogP contribution in [-0.4, -0.2) is 25.2 Å². The molecule has 1 aromatic rings. The molecular formula is C14H16NO3+. The van der Waals surface area contributed by atoms with E-state index in [1.54, 1.807) is 4.90 Å². The summed E-state index contributed by atoms with van der Waals surface area (Å²) in [5, 5.41) is 0. The molecule has 4 heteroatoms. The van der Waals surface area contributed by atoms with E-state index in [1.807, 2.05) is 0 Å². The molecule has 1 unspecified atom stereocenters. The van der Waals surface area contributed by atoms with Gasteiger partial charge in [0.15, 0.2) is 11.5 Å². The van der Waals surface area contributed by atoms with Crippen LogP contribution in [0.15, 0.2) is 12.1 Å². The lowest BCUT2D eigenvalue weighted by Gasteiger charge is -2.36. The Morgan fingerprint density at radius 1 is 1.11 bits per heavy atom. The van der Waals surface area contributed by atoms with E-state index in [4.69, 9.17) is 9.47 Å². The number of Topliss-reactive ketones (excluding diaryl/α,β-unsaturated/α-hetero) is 1. The molecule has 3 aliphatic rings. The molecule has 4 nitrogen and oxygen atoms in total. The Kier molecular flexibility index (Phi) is 2.14. The van der Waals surface area contributed by atoms with Crippen LogP contribution in [0.25, 0.3) is 0 Å². The van der Waals surface area contributed by atoms with Crippen LogP contribution in [0, 0.1) is 0 Å². The van der Waals surface area contributed by atoms with Crippen molar-refractivity contribution in [1.82, 2.24) is 0 Å². The van der Waals surface area contributed by atoms with Crippen LogP contribution in [0.2, 0.25) is 0 Å². The van der Waals surface area contributed by atoms with Crippen molar-refractivity contribution in [3.05, 3.63) is 23.3 Å². The van der Waals surface area contributed by atoms with Crippen LogP contribution < -0.4 is 14.4 Å². The minimum absolute atomic E-state index is 0.330. The van der Waals surface area contributed by atoms with E-state index in [2.05, 4.69) is 12.1 Å². The Bertz CT molecular complexity index is 526. The Morgan fingerprint density at radius 3 is 2.72 bits per heavy atom. The first kappa shape index (κ1) is 10.4. The van der Waals surface area contributed by atoms with Crippen molar-refractivity contribution in [2.75, 3.05) is 13.3 Å². The fourth-order valence-corrected chi connectivity index (χ4v) is 3.37. The minimum Gasteiger partial charge on any atom is -0.454 e. The molecule has 0 spiro atoms. The SMILES string of the molecule is O=C1CC[NH+]2Cc3cc4c(cc3C[C@H]2C1)OCO4. The van der Waals surface area contributed by atoms with Crippen LogP contribution in [0.3, 0.4) is 0 Å². The van der Waals surface area contributed by atoms with E-state index in [-0.39, 0.29) is 0 Å². The van der Waals surface area contributed by atoms with Gasteiger partial charge in [-0.3, -0.25) is 4.79 Å². The zero-order valence-corrected chi connectivity index (χ0v) is 10.2. The molecule has 0 amide bonds. The van der Waals surface area contributed by atoms with Crippen LogP contribution in [0.5, 0.6) is 11.5 Å². The Hall–Kier alpha value is -1.55. The molecule has 3 heterocycles. The third-order valence-electron chi connectivity index (χ3n) is 4.36. The van der Waals surface area contributed by atoms with Gasteiger partial charge in [0.25, 0.3) is 0 Å². The quantitative estimate of drug-likeness (QED) is 0.705. The summed E-state index contributed by atoms with van der Waals surface area (Å²) in [5.41, 5.74) is 2.70. The van der Waals surface area contributed by atoms with Gasteiger partial charge in [-0.1, -0.05) is 0 Å². The van der Waals surface area contributed by atoms with Gasteiger partial charge in [0, 0.05) is 12.0 Å². The molecule has 3 aliphatic heterocycles. The highest BCUT2D eigenvalue weighted by atomic mass is 16.7. The van der Waals surface area contributed by atoms with Crippen molar-refractivity contribution in [2.45, 2.75) is 31.8 Å². The molecule has 18 heavy (non-hydrogen) atoms. The molecular weight excluding hydrogens is 230 g/mol. The number of carbonyl (C=O) groups excluding carboxylic acids is 1. The second-order valence-electron chi connectivity index (χ2n) is 5.45. The predicted molar refractivity (Wildman–Crippen MR) is 63.8 cm³/mol. The first-order valence-corrected chi connectivity index (χ1v) is 6.57. The number of fused-ring (bicyclic) bond motifs is 3. The number of ether oxygens (including phenoxy) is 2. The van der Waals surface area contributed by atoms with Gasteiger partial charge in [-0.05, 0) is 17.7 Å². The molecule has 0 aromatic heterocycles. The van der Waals surface area contributed by atoms with Gasteiger partial charge >= 0.3 is 0 Å². The number of hydrogen-bond acceptors (Lipinski definition) is 3. The Morgan fingerprint density at radius 2 is 1.89 bits per heavy atom. The van der Waals surface area contributed by atoms with Gasteiger partial charge in [0.05, 0.1) is 25.4 Å². The van der Waals surface area contributed by atoms with Crippen molar-refractivity contribution >= 4 is 5.78 Å². The van der Waals surface area contributed by atoms with E-state index in [9.17, 15) is 4.79 Å². The summed E-state index contributed by atoms with van der Waals surface area (Å²) >= 11 is 0. The largest absolute Gasteiger partial charge is 0.454 e. The first-order valence-electron chi connectivity index (χ1n) is 6.57. The number of quaternary nitrogens is 1. The Labute approximate surface area is 105 Å². The average Bonchev–Trinajstić information content (AvgIpc) is 2.80. The maximum absolute atomic E-state index is 11.6.